The van der Waals surface area contributed by atoms with E-state index in [9.17, 15) is 8.42 Å². The SMILES string of the molecule is O=S(=O)(c1ccccc1Br)N(CC1CC1)C1CC1. The van der Waals surface area contributed by atoms with Crippen LogP contribution in [0.3, 0.4) is 0 Å². The lowest BCUT2D eigenvalue weighted by Crippen LogP contribution is -2.35. The molecule has 0 saturated heterocycles. The van der Waals surface area contributed by atoms with Crippen molar-refractivity contribution in [1.82, 2.24) is 4.31 Å². The molecule has 0 spiro atoms. The van der Waals surface area contributed by atoms with Gasteiger partial charge in [-0.2, -0.15) is 4.31 Å². The third kappa shape index (κ3) is 2.49. The number of nitrogens with zero attached hydrogens (tertiary/aromatic N) is 1. The molecule has 3 rings (SSSR count). The van der Waals surface area contributed by atoms with Gasteiger partial charge in [0.1, 0.15) is 0 Å². The van der Waals surface area contributed by atoms with Crippen molar-refractivity contribution in [3.05, 3.63) is 28.7 Å². The molecule has 98 valence electrons. The van der Waals surface area contributed by atoms with Crippen molar-refractivity contribution in [2.24, 2.45) is 5.92 Å². The molecule has 5 heteroatoms. The maximum atomic E-state index is 12.7. The molecule has 0 unspecified atom stereocenters. The molecule has 18 heavy (non-hydrogen) atoms. The largest absolute Gasteiger partial charge is 0.244 e. The number of hydrogen-bond acceptors (Lipinski definition) is 2. The minimum Gasteiger partial charge on any atom is -0.207 e. The zero-order chi connectivity index (χ0) is 12.8. The molecular weight excluding hydrogens is 314 g/mol. The third-order valence-corrected chi connectivity index (χ3v) is 6.44. The average Bonchev–Trinajstić information content (AvgIpc) is 3.19. The average molecular weight is 330 g/mol. The van der Waals surface area contributed by atoms with Crippen molar-refractivity contribution < 1.29 is 8.42 Å². The van der Waals surface area contributed by atoms with Crippen LogP contribution in [-0.4, -0.2) is 25.3 Å². The van der Waals surface area contributed by atoms with Gasteiger partial charge in [-0.3, -0.25) is 0 Å². The van der Waals surface area contributed by atoms with E-state index in [1.54, 1.807) is 22.5 Å². The van der Waals surface area contributed by atoms with Crippen molar-refractivity contribution in [1.29, 1.82) is 0 Å². The Morgan fingerprint density at radius 2 is 1.83 bits per heavy atom. The lowest BCUT2D eigenvalue weighted by Gasteiger charge is -2.22. The highest BCUT2D eigenvalue weighted by atomic mass is 79.9. The predicted molar refractivity (Wildman–Crippen MR) is 73.8 cm³/mol. The summed E-state index contributed by atoms with van der Waals surface area (Å²) in [6, 6.07) is 7.32. The fourth-order valence-electron chi connectivity index (χ4n) is 2.14. The summed E-state index contributed by atoms with van der Waals surface area (Å²) in [6.07, 6.45) is 4.37. The van der Waals surface area contributed by atoms with E-state index >= 15 is 0 Å². The molecule has 2 aliphatic rings. The molecule has 0 radical (unpaired) electrons. The van der Waals surface area contributed by atoms with Gasteiger partial charge >= 0.3 is 0 Å². The second kappa shape index (κ2) is 4.62. The zero-order valence-corrected chi connectivity index (χ0v) is 12.5. The van der Waals surface area contributed by atoms with Crippen LogP contribution in [0.25, 0.3) is 0 Å². The van der Waals surface area contributed by atoms with Crippen molar-refractivity contribution in [2.75, 3.05) is 6.54 Å². The fourth-order valence-corrected chi connectivity index (χ4v) is 4.87. The van der Waals surface area contributed by atoms with E-state index in [1.165, 1.54) is 12.8 Å². The number of sulfonamides is 1. The van der Waals surface area contributed by atoms with Crippen LogP contribution in [0.4, 0.5) is 0 Å². The van der Waals surface area contributed by atoms with E-state index in [4.69, 9.17) is 0 Å². The normalized spacial score (nSPS) is 20.3. The highest BCUT2D eigenvalue weighted by Crippen LogP contribution is 2.39. The maximum Gasteiger partial charge on any atom is 0.244 e. The van der Waals surface area contributed by atoms with Gasteiger partial charge in [0, 0.05) is 17.1 Å². The summed E-state index contributed by atoms with van der Waals surface area (Å²) in [5.74, 6) is 0.586. The predicted octanol–water partition coefficient (Wildman–Crippen LogP) is 3.01. The van der Waals surface area contributed by atoms with Crippen LogP contribution in [0, 0.1) is 5.92 Å². The van der Waals surface area contributed by atoms with Crippen LogP contribution in [0.2, 0.25) is 0 Å². The molecule has 2 fully saturated rings. The van der Waals surface area contributed by atoms with Gasteiger partial charge in [0.05, 0.1) is 4.90 Å². The Morgan fingerprint density at radius 1 is 1.17 bits per heavy atom. The Bertz CT molecular complexity index is 550. The second-order valence-corrected chi connectivity index (χ2v) is 7.89. The summed E-state index contributed by atoms with van der Waals surface area (Å²) in [6.45, 7) is 0.703. The topological polar surface area (TPSA) is 37.4 Å². The van der Waals surface area contributed by atoms with E-state index in [-0.39, 0.29) is 6.04 Å². The highest BCUT2D eigenvalue weighted by molar-refractivity contribution is 9.10. The van der Waals surface area contributed by atoms with E-state index < -0.39 is 10.0 Å². The van der Waals surface area contributed by atoms with Crippen LogP contribution in [-0.2, 0) is 10.0 Å². The number of halogens is 1. The maximum absolute atomic E-state index is 12.7. The monoisotopic (exact) mass is 329 g/mol. The molecule has 0 heterocycles. The Balaban J connectivity index is 1.93. The van der Waals surface area contributed by atoms with E-state index in [0.717, 1.165) is 12.8 Å². The van der Waals surface area contributed by atoms with E-state index in [1.807, 2.05) is 6.07 Å². The second-order valence-electron chi connectivity index (χ2n) is 5.18. The summed E-state index contributed by atoms with van der Waals surface area (Å²) in [5, 5.41) is 0. The molecule has 1 aromatic rings. The van der Waals surface area contributed by atoms with Crippen molar-refractivity contribution in [3.8, 4) is 0 Å². The summed E-state index contributed by atoms with van der Waals surface area (Å²) in [5.41, 5.74) is 0. The Kier molecular flexibility index (Phi) is 3.24. The molecule has 0 atom stereocenters. The molecule has 3 nitrogen and oxygen atoms in total. The van der Waals surface area contributed by atoms with E-state index in [0.29, 0.717) is 21.8 Å². The lowest BCUT2D eigenvalue weighted by molar-refractivity contribution is 0.388. The number of benzene rings is 1. The van der Waals surface area contributed by atoms with Gasteiger partial charge in [-0.25, -0.2) is 8.42 Å². The van der Waals surface area contributed by atoms with Gasteiger partial charge in [0.2, 0.25) is 10.0 Å². The molecule has 0 amide bonds. The van der Waals surface area contributed by atoms with E-state index in [2.05, 4.69) is 15.9 Å². The first-order chi connectivity index (χ1) is 8.59. The summed E-state index contributed by atoms with van der Waals surface area (Å²) in [4.78, 5) is 0.401. The van der Waals surface area contributed by atoms with Crippen molar-refractivity contribution in [2.45, 2.75) is 36.6 Å². The van der Waals surface area contributed by atoms with Gasteiger partial charge in [0.15, 0.2) is 0 Å². The Labute approximate surface area is 116 Å². The van der Waals surface area contributed by atoms with Gasteiger partial charge in [0.25, 0.3) is 0 Å². The smallest absolute Gasteiger partial charge is 0.207 e. The molecule has 2 saturated carbocycles. The van der Waals surface area contributed by atoms with Gasteiger partial charge in [-0.15, -0.1) is 0 Å². The van der Waals surface area contributed by atoms with Crippen molar-refractivity contribution >= 4 is 26.0 Å². The lowest BCUT2D eigenvalue weighted by atomic mass is 10.4. The molecule has 0 N–H and O–H groups in total. The standard InChI is InChI=1S/C13H16BrNO2S/c14-12-3-1-2-4-13(12)18(16,17)15(11-7-8-11)9-10-5-6-10/h1-4,10-11H,5-9H2. The molecule has 0 aliphatic heterocycles. The number of hydrogen-bond donors (Lipinski definition) is 0. The first-order valence-electron chi connectivity index (χ1n) is 6.35. The van der Waals surface area contributed by atoms with Crippen molar-refractivity contribution in [3.63, 3.8) is 0 Å². The van der Waals surface area contributed by atoms with Gasteiger partial charge in [-0.1, -0.05) is 12.1 Å². The van der Waals surface area contributed by atoms with Crippen LogP contribution in [0.15, 0.2) is 33.6 Å². The molecule has 2 aliphatic carbocycles. The minimum absolute atomic E-state index is 0.239. The number of rotatable bonds is 5. The molecule has 0 aromatic heterocycles. The van der Waals surface area contributed by atoms with Crippen LogP contribution in [0.1, 0.15) is 25.7 Å². The van der Waals surface area contributed by atoms with Crippen LogP contribution >= 0.6 is 15.9 Å². The quantitative estimate of drug-likeness (QED) is 0.832. The minimum atomic E-state index is -3.34. The summed E-state index contributed by atoms with van der Waals surface area (Å²) < 4.78 is 27.8. The van der Waals surface area contributed by atoms with Crippen LogP contribution < -0.4 is 0 Å². The third-order valence-electron chi connectivity index (χ3n) is 3.51. The highest BCUT2D eigenvalue weighted by Gasteiger charge is 2.41. The Morgan fingerprint density at radius 3 is 2.39 bits per heavy atom. The summed E-state index contributed by atoms with van der Waals surface area (Å²) in [7, 11) is -3.34. The fraction of sp³-hybridized carbons (Fsp3) is 0.538. The van der Waals surface area contributed by atoms with Gasteiger partial charge in [-0.05, 0) is 59.7 Å². The first-order valence-corrected chi connectivity index (χ1v) is 8.59. The molecule has 1 aromatic carbocycles. The zero-order valence-electron chi connectivity index (χ0n) is 10.0. The van der Waals surface area contributed by atoms with Gasteiger partial charge < -0.3 is 0 Å². The molecular formula is C13H16BrNO2S. The van der Waals surface area contributed by atoms with Crippen LogP contribution in [0.5, 0.6) is 0 Å². The molecule has 0 bridgehead atoms. The summed E-state index contributed by atoms with van der Waals surface area (Å²) >= 11 is 3.35. The Hall–Kier alpha value is -0.390. The first kappa shape index (κ1) is 12.6.